The summed E-state index contributed by atoms with van der Waals surface area (Å²) in [4.78, 5) is 0. The minimum atomic E-state index is 0.666. The number of halogens is 1. The van der Waals surface area contributed by atoms with Gasteiger partial charge in [0.05, 0.1) is 16.4 Å². The molecule has 0 fully saturated rings. The molecule has 0 amide bonds. The number of nitrogens with one attached hydrogen (secondary N) is 1. The van der Waals surface area contributed by atoms with Crippen molar-refractivity contribution >= 4 is 23.0 Å². The van der Waals surface area contributed by atoms with E-state index in [1.807, 2.05) is 18.2 Å². The molecule has 0 saturated heterocycles. The van der Waals surface area contributed by atoms with Gasteiger partial charge in [-0.3, -0.25) is 0 Å². The molecule has 0 aliphatic rings. The van der Waals surface area contributed by atoms with E-state index in [1.165, 1.54) is 11.1 Å². The Kier molecular flexibility index (Phi) is 4.11. The van der Waals surface area contributed by atoms with E-state index < -0.39 is 0 Å². The number of anilines is 2. The van der Waals surface area contributed by atoms with E-state index >= 15 is 0 Å². The van der Waals surface area contributed by atoms with Crippen LogP contribution in [0.2, 0.25) is 5.02 Å². The lowest BCUT2D eigenvalue weighted by Crippen LogP contribution is -2.07. The smallest absolute Gasteiger partial charge is 0.0763 e. The normalized spacial score (nSPS) is 10.3. The van der Waals surface area contributed by atoms with Crippen LogP contribution >= 0.6 is 11.6 Å². The van der Waals surface area contributed by atoms with Crippen LogP contribution in [0.15, 0.2) is 42.5 Å². The summed E-state index contributed by atoms with van der Waals surface area (Å²) in [6, 6.07) is 14.0. The summed E-state index contributed by atoms with van der Waals surface area (Å²) in [7, 11) is 0. The van der Waals surface area contributed by atoms with Crippen molar-refractivity contribution in [3.05, 3.63) is 58.6 Å². The average molecular weight is 261 g/mol. The van der Waals surface area contributed by atoms with Gasteiger partial charge < -0.3 is 11.1 Å². The van der Waals surface area contributed by atoms with Gasteiger partial charge in [-0.05, 0) is 31.0 Å². The van der Waals surface area contributed by atoms with Crippen LogP contribution < -0.4 is 11.1 Å². The first-order chi connectivity index (χ1) is 8.66. The SMILES string of the molecule is Cc1cccc(CCNc2c(N)cccc2Cl)c1. The highest BCUT2D eigenvalue weighted by Crippen LogP contribution is 2.27. The van der Waals surface area contributed by atoms with Gasteiger partial charge in [0.15, 0.2) is 0 Å². The summed E-state index contributed by atoms with van der Waals surface area (Å²) in [6.45, 7) is 2.92. The highest BCUT2D eigenvalue weighted by atomic mass is 35.5. The number of aryl methyl sites for hydroxylation is 1. The first kappa shape index (κ1) is 12.8. The van der Waals surface area contributed by atoms with E-state index in [0.717, 1.165) is 18.7 Å². The number of hydrogen-bond acceptors (Lipinski definition) is 2. The van der Waals surface area contributed by atoms with Crippen LogP contribution in [0.5, 0.6) is 0 Å². The van der Waals surface area contributed by atoms with Gasteiger partial charge >= 0.3 is 0 Å². The van der Waals surface area contributed by atoms with Crippen LogP contribution in [0.3, 0.4) is 0 Å². The average Bonchev–Trinajstić information content (AvgIpc) is 2.33. The van der Waals surface area contributed by atoms with Crippen molar-refractivity contribution in [3.8, 4) is 0 Å². The van der Waals surface area contributed by atoms with Crippen molar-refractivity contribution in [2.75, 3.05) is 17.6 Å². The Hall–Kier alpha value is -1.67. The molecule has 0 bridgehead atoms. The molecule has 0 radical (unpaired) electrons. The standard InChI is InChI=1S/C15H17ClN2/c1-11-4-2-5-12(10-11)8-9-18-15-13(16)6-3-7-14(15)17/h2-7,10,18H,8-9,17H2,1H3. The van der Waals surface area contributed by atoms with E-state index in [4.69, 9.17) is 17.3 Å². The molecule has 0 aliphatic heterocycles. The van der Waals surface area contributed by atoms with Crippen LogP contribution in [0, 0.1) is 6.92 Å². The van der Waals surface area contributed by atoms with Gasteiger partial charge in [0.1, 0.15) is 0 Å². The van der Waals surface area contributed by atoms with Gasteiger partial charge in [0.25, 0.3) is 0 Å². The molecule has 18 heavy (non-hydrogen) atoms. The Morgan fingerprint density at radius 1 is 1.17 bits per heavy atom. The quantitative estimate of drug-likeness (QED) is 0.819. The number of hydrogen-bond donors (Lipinski definition) is 2. The van der Waals surface area contributed by atoms with Crippen molar-refractivity contribution in [2.45, 2.75) is 13.3 Å². The van der Waals surface area contributed by atoms with Gasteiger partial charge in [-0.15, -0.1) is 0 Å². The van der Waals surface area contributed by atoms with Crippen LogP contribution in [0.25, 0.3) is 0 Å². The summed E-state index contributed by atoms with van der Waals surface area (Å²) in [5, 5.41) is 3.96. The van der Waals surface area contributed by atoms with E-state index in [0.29, 0.717) is 10.7 Å². The maximum Gasteiger partial charge on any atom is 0.0763 e. The molecule has 3 heteroatoms. The van der Waals surface area contributed by atoms with E-state index in [-0.39, 0.29) is 0 Å². The fourth-order valence-corrected chi connectivity index (χ4v) is 2.18. The fourth-order valence-electron chi connectivity index (χ4n) is 1.93. The Morgan fingerprint density at radius 2 is 1.94 bits per heavy atom. The molecule has 2 rings (SSSR count). The molecule has 0 atom stereocenters. The molecular formula is C15H17ClN2. The van der Waals surface area contributed by atoms with E-state index in [2.05, 4.69) is 36.5 Å². The second-order valence-electron chi connectivity index (χ2n) is 4.37. The summed E-state index contributed by atoms with van der Waals surface area (Å²) >= 11 is 6.09. The molecule has 0 spiro atoms. The first-order valence-electron chi connectivity index (χ1n) is 6.00. The van der Waals surface area contributed by atoms with Crippen molar-refractivity contribution in [2.24, 2.45) is 0 Å². The maximum absolute atomic E-state index is 6.09. The summed E-state index contributed by atoms with van der Waals surface area (Å²) in [6.07, 6.45) is 0.951. The predicted octanol–water partition coefficient (Wildman–Crippen LogP) is 3.89. The zero-order valence-electron chi connectivity index (χ0n) is 10.4. The van der Waals surface area contributed by atoms with Gasteiger partial charge in [-0.25, -0.2) is 0 Å². The Bertz CT molecular complexity index is 518. The third-order valence-electron chi connectivity index (χ3n) is 2.84. The van der Waals surface area contributed by atoms with Gasteiger partial charge in [-0.1, -0.05) is 47.5 Å². The largest absolute Gasteiger partial charge is 0.397 e. The molecule has 2 nitrogen and oxygen atoms in total. The third-order valence-corrected chi connectivity index (χ3v) is 3.16. The molecule has 0 heterocycles. The number of rotatable bonds is 4. The number of para-hydroxylation sites is 1. The van der Waals surface area contributed by atoms with Crippen LogP contribution in [0.4, 0.5) is 11.4 Å². The molecule has 0 unspecified atom stereocenters. The summed E-state index contributed by atoms with van der Waals surface area (Å²) < 4.78 is 0. The fraction of sp³-hybridized carbons (Fsp3) is 0.200. The zero-order chi connectivity index (χ0) is 13.0. The molecule has 94 valence electrons. The van der Waals surface area contributed by atoms with Gasteiger partial charge in [-0.2, -0.15) is 0 Å². The molecule has 0 aromatic heterocycles. The van der Waals surface area contributed by atoms with Crippen molar-refractivity contribution < 1.29 is 0 Å². The summed E-state index contributed by atoms with van der Waals surface area (Å²) in [5.41, 5.74) is 9.99. The minimum absolute atomic E-state index is 0.666. The first-order valence-corrected chi connectivity index (χ1v) is 6.38. The predicted molar refractivity (Wildman–Crippen MR) is 79.2 cm³/mol. The van der Waals surface area contributed by atoms with Gasteiger partial charge in [0, 0.05) is 6.54 Å². The monoisotopic (exact) mass is 260 g/mol. The Labute approximate surface area is 113 Å². The number of benzene rings is 2. The van der Waals surface area contributed by atoms with Crippen LogP contribution in [-0.4, -0.2) is 6.54 Å². The molecular weight excluding hydrogens is 244 g/mol. The number of nitrogens with two attached hydrogens (primary N) is 1. The second kappa shape index (κ2) is 5.78. The lowest BCUT2D eigenvalue weighted by Gasteiger charge is -2.11. The maximum atomic E-state index is 6.09. The molecule has 3 N–H and O–H groups in total. The Balaban J connectivity index is 1.97. The second-order valence-corrected chi connectivity index (χ2v) is 4.78. The van der Waals surface area contributed by atoms with E-state index in [9.17, 15) is 0 Å². The lowest BCUT2D eigenvalue weighted by molar-refractivity contribution is 1.02. The van der Waals surface area contributed by atoms with Crippen molar-refractivity contribution in [3.63, 3.8) is 0 Å². The van der Waals surface area contributed by atoms with Crippen LogP contribution in [0.1, 0.15) is 11.1 Å². The minimum Gasteiger partial charge on any atom is -0.397 e. The molecule has 0 aliphatic carbocycles. The molecule has 2 aromatic carbocycles. The topological polar surface area (TPSA) is 38.0 Å². The Morgan fingerprint density at radius 3 is 2.67 bits per heavy atom. The zero-order valence-corrected chi connectivity index (χ0v) is 11.2. The van der Waals surface area contributed by atoms with Crippen molar-refractivity contribution in [1.29, 1.82) is 0 Å². The molecule has 0 saturated carbocycles. The third kappa shape index (κ3) is 3.17. The van der Waals surface area contributed by atoms with Crippen LogP contribution in [-0.2, 0) is 6.42 Å². The highest BCUT2D eigenvalue weighted by Gasteiger charge is 2.03. The molecule has 2 aromatic rings. The van der Waals surface area contributed by atoms with Crippen molar-refractivity contribution in [1.82, 2.24) is 0 Å². The van der Waals surface area contributed by atoms with Gasteiger partial charge in [0.2, 0.25) is 0 Å². The number of nitrogen functional groups attached to an aromatic ring is 1. The summed E-state index contributed by atoms with van der Waals surface area (Å²) in [5.74, 6) is 0. The lowest BCUT2D eigenvalue weighted by atomic mass is 10.1. The van der Waals surface area contributed by atoms with E-state index in [1.54, 1.807) is 0 Å². The highest BCUT2D eigenvalue weighted by molar-refractivity contribution is 6.33.